The first-order chi connectivity index (χ1) is 11.7. The Kier molecular flexibility index (Phi) is 3.54. The van der Waals surface area contributed by atoms with Gasteiger partial charge in [0.25, 0.3) is 0 Å². The number of rotatable bonds is 3. The Labute approximate surface area is 139 Å². The maximum Gasteiger partial charge on any atom is 0.223 e. The lowest BCUT2D eigenvalue weighted by atomic mass is 10.1. The van der Waals surface area contributed by atoms with Gasteiger partial charge in [0.1, 0.15) is 5.75 Å². The highest BCUT2D eigenvalue weighted by molar-refractivity contribution is 6.00. The van der Waals surface area contributed by atoms with Crippen LogP contribution >= 0.6 is 0 Å². The summed E-state index contributed by atoms with van der Waals surface area (Å²) in [5.74, 6) is 1.97. The lowest BCUT2D eigenvalue weighted by molar-refractivity contribution is 0.0994. The van der Waals surface area contributed by atoms with Crippen molar-refractivity contribution in [3.63, 3.8) is 0 Å². The van der Waals surface area contributed by atoms with Crippen LogP contribution in [0.3, 0.4) is 0 Å². The van der Waals surface area contributed by atoms with Gasteiger partial charge in [0.15, 0.2) is 11.6 Å². The summed E-state index contributed by atoms with van der Waals surface area (Å²) >= 11 is 0. The average Bonchev–Trinajstić information content (AvgIpc) is 2.96. The molecular weight excluding hydrogens is 302 g/mol. The maximum absolute atomic E-state index is 11.7. The second-order valence-electron chi connectivity index (χ2n) is 5.75. The minimum atomic E-state index is 0.203. The highest BCUT2D eigenvalue weighted by atomic mass is 16.5. The molecule has 0 aliphatic heterocycles. The molecule has 0 saturated heterocycles. The van der Waals surface area contributed by atoms with Gasteiger partial charge in [0, 0.05) is 41.7 Å². The summed E-state index contributed by atoms with van der Waals surface area (Å²) in [5, 5.41) is 0. The van der Waals surface area contributed by atoms with Gasteiger partial charge in [-0.1, -0.05) is 0 Å². The molecule has 2 heterocycles. The predicted molar refractivity (Wildman–Crippen MR) is 89.2 cm³/mol. The number of carbonyl (C=O) groups is 1. The van der Waals surface area contributed by atoms with Gasteiger partial charge in [0.2, 0.25) is 5.88 Å². The van der Waals surface area contributed by atoms with Crippen LogP contribution in [0.5, 0.6) is 11.6 Å². The largest absolute Gasteiger partial charge is 0.439 e. The molecule has 0 N–H and O–H groups in total. The van der Waals surface area contributed by atoms with Crippen molar-refractivity contribution in [1.82, 2.24) is 15.0 Å². The molecule has 118 valence electrons. The monoisotopic (exact) mass is 317 g/mol. The number of ketones is 1. The van der Waals surface area contributed by atoms with Gasteiger partial charge in [-0.15, -0.1) is 0 Å². The zero-order valence-electron chi connectivity index (χ0n) is 13.2. The van der Waals surface area contributed by atoms with E-state index in [0.717, 1.165) is 28.8 Å². The number of pyridine rings is 1. The van der Waals surface area contributed by atoms with Gasteiger partial charge < -0.3 is 4.74 Å². The molecule has 1 aromatic carbocycles. The van der Waals surface area contributed by atoms with Crippen molar-refractivity contribution in [3.8, 4) is 23.0 Å². The van der Waals surface area contributed by atoms with E-state index in [4.69, 9.17) is 4.74 Å². The average molecular weight is 317 g/mol. The molecule has 0 bridgehead atoms. The van der Waals surface area contributed by atoms with Gasteiger partial charge in [-0.25, -0.2) is 4.98 Å². The Morgan fingerprint density at radius 3 is 2.67 bits per heavy atom. The summed E-state index contributed by atoms with van der Waals surface area (Å²) in [7, 11) is 0. The number of fused-ring (bicyclic) bond motifs is 1. The molecule has 4 rings (SSSR count). The summed E-state index contributed by atoms with van der Waals surface area (Å²) in [6.07, 6.45) is 4.77. The first kappa shape index (κ1) is 14.5. The Bertz CT molecular complexity index is 923. The second kappa shape index (κ2) is 5.85. The predicted octanol–water partition coefficient (Wildman–Crippen LogP) is 3.77. The van der Waals surface area contributed by atoms with E-state index >= 15 is 0 Å². The lowest BCUT2D eigenvalue weighted by Crippen LogP contribution is -1.97. The highest BCUT2D eigenvalue weighted by Crippen LogP contribution is 2.29. The Morgan fingerprint density at radius 1 is 1.00 bits per heavy atom. The molecule has 0 fully saturated rings. The smallest absolute Gasteiger partial charge is 0.223 e. The molecule has 5 nitrogen and oxygen atoms in total. The number of aromatic nitrogens is 3. The molecule has 2 aromatic heterocycles. The van der Waals surface area contributed by atoms with E-state index in [-0.39, 0.29) is 5.78 Å². The summed E-state index contributed by atoms with van der Waals surface area (Å²) in [6, 6.07) is 11.1. The maximum atomic E-state index is 11.7. The quantitative estimate of drug-likeness (QED) is 0.735. The number of Topliss-reactive ketones (excluding diaryl/α,β-unsaturated/α-hetero) is 1. The normalized spacial score (nSPS) is 13.0. The zero-order valence-corrected chi connectivity index (χ0v) is 13.2. The summed E-state index contributed by atoms with van der Waals surface area (Å²) in [5.41, 5.74) is 3.55. The second-order valence-corrected chi connectivity index (χ2v) is 5.75. The van der Waals surface area contributed by atoms with Crippen LogP contribution in [0.1, 0.15) is 28.0 Å². The molecule has 5 heteroatoms. The number of hydrogen-bond acceptors (Lipinski definition) is 5. The van der Waals surface area contributed by atoms with Crippen molar-refractivity contribution < 1.29 is 9.53 Å². The third-order valence-electron chi connectivity index (χ3n) is 3.99. The molecule has 0 spiro atoms. The van der Waals surface area contributed by atoms with Crippen molar-refractivity contribution in [2.75, 3.05) is 0 Å². The van der Waals surface area contributed by atoms with Crippen LogP contribution in [-0.4, -0.2) is 20.7 Å². The molecule has 0 amide bonds. The molecule has 1 aliphatic carbocycles. The van der Waals surface area contributed by atoms with Gasteiger partial charge in [-0.3, -0.25) is 9.78 Å². The Hall–Kier alpha value is -3.08. The van der Waals surface area contributed by atoms with Crippen molar-refractivity contribution in [1.29, 1.82) is 0 Å². The van der Waals surface area contributed by atoms with E-state index in [0.29, 0.717) is 23.9 Å². The van der Waals surface area contributed by atoms with Crippen LogP contribution in [-0.2, 0) is 6.42 Å². The molecule has 0 unspecified atom stereocenters. The van der Waals surface area contributed by atoms with Gasteiger partial charge in [-0.2, -0.15) is 4.98 Å². The SMILES string of the molecule is Cc1cc(Oc2ccc3c(c2)CCC3=O)nc(-c2ccncc2)n1. The number of carbonyl (C=O) groups excluding carboxylic acids is 1. The molecule has 24 heavy (non-hydrogen) atoms. The number of aryl methyl sites for hydroxylation is 2. The van der Waals surface area contributed by atoms with Crippen LogP contribution in [0, 0.1) is 6.92 Å². The van der Waals surface area contributed by atoms with E-state index in [9.17, 15) is 4.79 Å². The molecule has 1 aliphatic rings. The lowest BCUT2D eigenvalue weighted by Gasteiger charge is -2.09. The number of ether oxygens (including phenoxy) is 1. The molecule has 0 saturated carbocycles. The standard InChI is InChI=1S/C19H15N3O2/c1-12-10-18(22-19(21-12)13-6-8-20-9-7-13)24-15-3-4-16-14(11-15)2-5-17(16)23/h3-4,6-11H,2,5H2,1H3. The van der Waals surface area contributed by atoms with Crippen molar-refractivity contribution in [3.05, 3.63) is 65.6 Å². The molecule has 0 radical (unpaired) electrons. The van der Waals surface area contributed by atoms with Crippen LogP contribution in [0.4, 0.5) is 0 Å². The first-order valence-corrected chi connectivity index (χ1v) is 7.79. The fraction of sp³-hybridized carbons (Fsp3) is 0.158. The summed E-state index contributed by atoms with van der Waals surface area (Å²) in [6.45, 7) is 1.90. The third-order valence-corrected chi connectivity index (χ3v) is 3.99. The minimum absolute atomic E-state index is 0.203. The van der Waals surface area contributed by atoms with Crippen molar-refractivity contribution >= 4 is 5.78 Å². The van der Waals surface area contributed by atoms with Gasteiger partial charge in [-0.05, 0) is 49.2 Å². The number of hydrogen-bond donors (Lipinski definition) is 0. The highest BCUT2D eigenvalue weighted by Gasteiger charge is 2.19. The topological polar surface area (TPSA) is 65.0 Å². The van der Waals surface area contributed by atoms with Crippen LogP contribution in [0.25, 0.3) is 11.4 Å². The van der Waals surface area contributed by atoms with Crippen LogP contribution in [0.2, 0.25) is 0 Å². The minimum Gasteiger partial charge on any atom is -0.439 e. The number of benzene rings is 1. The molecule has 0 atom stereocenters. The zero-order chi connectivity index (χ0) is 16.5. The molecular formula is C19H15N3O2. The Morgan fingerprint density at radius 2 is 1.83 bits per heavy atom. The Balaban J connectivity index is 1.66. The van der Waals surface area contributed by atoms with E-state index in [1.807, 2.05) is 37.3 Å². The molecule has 3 aromatic rings. The first-order valence-electron chi connectivity index (χ1n) is 7.79. The fourth-order valence-corrected chi connectivity index (χ4v) is 2.84. The van der Waals surface area contributed by atoms with Gasteiger partial charge in [0.05, 0.1) is 0 Å². The third kappa shape index (κ3) is 2.76. The summed E-state index contributed by atoms with van der Waals surface area (Å²) < 4.78 is 5.90. The van der Waals surface area contributed by atoms with E-state index < -0.39 is 0 Å². The van der Waals surface area contributed by atoms with Crippen molar-refractivity contribution in [2.45, 2.75) is 19.8 Å². The van der Waals surface area contributed by atoms with Gasteiger partial charge >= 0.3 is 0 Å². The van der Waals surface area contributed by atoms with Crippen molar-refractivity contribution in [2.24, 2.45) is 0 Å². The summed E-state index contributed by atoms with van der Waals surface area (Å²) in [4.78, 5) is 24.7. The van der Waals surface area contributed by atoms with E-state index in [2.05, 4.69) is 15.0 Å². The van der Waals surface area contributed by atoms with Crippen LogP contribution < -0.4 is 4.74 Å². The van der Waals surface area contributed by atoms with E-state index in [1.165, 1.54) is 0 Å². The number of nitrogens with zero attached hydrogens (tertiary/aromatic N) is 3. The fourth-order valence-electron chi connectivity index (χ4n) is 2.84. The van der Waals surface area contributed by atoms with E-state index in [1.54, 1.807) is 18.5 Å². The van der Waals surface area contributed by atoms with Crippen LogP contribution in [0.15, 0.2) is 48.8 Å².